The first-order valence-electron chi connectivity index (χ1n) is 5.24. The van der Waals surface area contributed by atoms with Gasteiger partial charge >= 0.3 is 5.97 Å². The van der Waals surface area contributed by atoms with Crippen LogP contribution < -0.4 is 4.74 Å². The summed E-state index contributed by atoms with van der Waals surface area (Å²) in [6.07, 6.45) is 3.10. The fraction of sp³-hybridized carbons (Fsp3) is 0.167. The van der Waals surface area contributed by atoms with E-state index in [1.165, 1.54) is 30.2 Å². The Bertz CT molecular complexity index is 513. The van der Waals surface area contributed by atoms with Crippen molar-refractivity contribution in [3.8, 4) is 5.75 Å². The van der Waals surface area contributed by atoms with E-state index < -0.39 is 5.97 Å². The van der Waals surface area contributed by atoms with Crippen LogP contribution in [0.4, 0.5) is 0 Å². The molecule has 0 saturated carbocycles. The van der Waals surface area contributed by atoms with Gasteiger partial charge in [0.1, 0.15) is 12.0 Å². The van der Waals surface area contributed by atoms with Crippen LogP contribution in [0.25, 0.3) is 0 Å². The van der Waals surface area contributed by atoms with Crippen LogP contribution in [0.5, 0.6) is 5.75 Å². The minimum atomic E-state index is -0.963. The Morgan fingerprint density at radius 3 is 3.11 bits per heavy atom. The standard InChI is InChI=1S/C12H11NO4S/c14-11(15)9-2-1-3-10(8-9)16-6-7-18-12-13-4-5-17-12/h1-5,8H,6-7H2,(H,14,15). The van der Waals surface area contributed by atoms with Gasteiger partial charge in [-0.05, 0) is 18.2 Å². The fourth-order valence-electron chi connectivity index (χ4n) is 1.29. The van der Waals surface area contributed by atoms with Gasteiger partial charge in [0.05, 0.1) is 18.4 Å². The molecule has 0 amide bonds. The minimum absolute atomic E-state index is 0.216. The number of ether oxygens (including phenoxy) is 1. The molecule has 6 heteroatoms. The molecule has 5 nitrogen and oxygen atoms in total. The van der Waals surface area contributed by atoms with Gasteiger partial charge in [0.25, 0.3) is 5.22 Å². The Morgan fingerprint density at radius 2 is 2.39 bits per heavy atom. The average molecular weight is 265 g/mol. The molecule has 2 rings (SSSR count). The van der Waals surface area contributed by atoms with Crippen LogP contribution in [-0.2, 0) is 0 Å². The zero-order valence-corrected chi connectivity index (χ0v) is 10.2. The second-order valence-electron chi connectivity index (χ2n) is 3.33. The van der Waals surface area contributed by atoms with E-state index in [1.54, 1.807) is 18.3 Å². The molecular formula is C12H11NO4S. The zero-order chi connectivity index (χ0) is 12.8. The second kappa shape index (κ2) is 6.11. The third kappa shape index (κ3) is 3.53. The van der Waals surface area contributed by atoms with E-state index in [4.69, 9.17) is 14.3 Å². The third-order valence-corrected chi connectivity index (χ3v) is 2.89. The second-order valence-corrected chi connectivity index (χ2v) is 4.37. The van der Waals surface area contributed by atoms with Crippen molar-refractivity contribution < 1.29 is 19.1 Å². The number of rotatable bonds is 6. The number of carboxylic acid groups (broad SMARTS) is 1. The van der Waals surface area contributed by atoms with Crippen LogP contribution in [0.3, 0.4) is 0 Å². The zero-order valence-electron chi connectivity index (χ0n) is 9.41. The van der Waals surface area contributed by atoms with Gasteiger partial charge in [0.15, 0.2) is 0 Å². The highest BCUT2D eigenvalue weighted by Gasteiger charge is 2.04. The minimum Gasteiger partial charge on any atom is -0.493 e. The first-order chi connectivity index (χ1) is 8.75. The Labute approximate surface area is 108 Å². The summed E-state index contributed by atoms with van der Waals surface area (Å²) >= 11 is 1.44. The topological polar surface area (TPSA) is 72.6 Å². The molecule has 0 fully saturated rings. The Morgan fingerprint density at radius 1 is 1.50 bits per heavy atom. The highest BCUT2D eigenvalue weighted by atomic mass is 32.2. The van der Waals surface area contributed by atoms with Crippen molar-refractivity contribution in [2.75, 3.05) is 12.4 Å². The molecule has 0 spiro atoms. The van der Waals surface area contributed by atoms with Crippen molar-refractivity contribution in [1.82, 2.24) is 4.98 Å². The maximum atomic E-state index is 10.8. The van der Waals surface area contributed by atoms with Gasteiger partial charge in [0, 0.05) is 5.75 Å². The monoisotopic (exact) mass is 265 g/mol. The highest BCUT2D eigenvalue weighted by Crippen LogP contribution is 2.16. The molecule has 1 aromatic heterocycles. The Balaban J connectivity index is 1.79. The van der Waals surface area contributed by atoms with Crippen LogP contribution >= 0.6 is 11.8 Å². The number of aromatic nitrogens is 1. The molecule has 0 bridgehead atoms. The number of hydrogen-bond donors (Lipinski definition) is 1. The summed E-state index contributed by atoms with van der Waals surface area (Å²) in [7, 11) is 0. The molecule has 0 saturated heterocycles. The third-order valence-electron chi connectivity index (χ3n) is 2.07. The van der Waals surface area contributed by atoms with E-state index in [0.29, 0.717) is 23.3 Å². The first-order valence-corrected chi connectivity index (χ1v) is 6.23. The molecule has 0 radical (unpaired) electrons. The predicted molar refractivity (Wildman–Crippen MR) is 66.1 cm³/mol. The molecule has 1 heterocycles. The quantitative estimate of drug-likeness (QED) is 0.639. The predicted octanol–water partition coefficient (Wildman–Crippen LogP) is 2.54. The van der Waals surface area contributed by atoms with E-state index in [1.807, 2.05) is 0 Å². The van der Waals surface area contributed by atoms with Crippen molar-refractivity contribution in [2.24, 2.45) is 0 Å². The van der Waals surface area contributed by atoms with Crippen molar-refractivity contribution in [3.05, 3.63) is 42.3 Å². The van der Waals surface area contributed by atoms with E-state index in [9.17, 15) is 4.79 Å². The fourth-order valence-corrected chi connectivity index (χ4v) is 1.89. The van der Waals surface area contributed by atoms with Crippen LogP contribution in [-0.4, -0.2) is 28.4 Å². The van der Waals surface area contributed by atoms with Gasteiger partial charge in [-0.15, -0.1) is 0 Å². The van der Waals surface area contributed by atoms with Crippen LogP contribution in [0, 0.1) is 0 Å². The molecule has 0 atom stereocenters. The highest BCUT2D eigenvalue weighted by molar-refractivity contribution is 7.99. The lowest BCUT2D eigenvalue weighted by molar-refractivity contribution is 0.0696. The van der Waals surface area contributed by atoms with Crippen molar-refractivity contribution in [3.63, 3.8) is 0 Å². The van der Waals surface area contributed by atoms with Crippen LogP contribution in [0.15, 0.2) is 46.4 Å². The van der Waals surface area contributed by atoms with E-state index in [-0.39, 0.29) is 5.56 Å². The molecule has 1 aromatic carbocycles. The lowest BCUT2D eigenvalue weighted by atomic mass is 10.2. The lowest BCUT2D eigenvalue weighted by Crippen LogP contribution is -2.02. The van der Waals surface area contributed by atoms with E-state index in [0.717, 1.165) is 0 Å². The molecule has 0 aliphatic carbocycles. The lowest BCUT2D eigenvalue weighted by Gasteiger charge is -2.05. The van der Waals surface area contributed by atoms with Crippen LogP contribution in [0.2, 0.25) is 0 Å². The normalized spacial score (nSPS) is 10.2. The molecular weight excluding hydrogens is 254 g/mol. The van der Waals surface area contributed by atoms with Crippen molar-refractivity contribution >= 4 is 17.7 Å². The van der Waals surface area contributed by atoms with E-state index in [2.05, 4.69) is 4.98 Å². The van der Waals surface area contributed by atoms with Gasteiger partial charge in [0.2, 0.25) is 0 Å². The molecule has 0 unspecified atom stereocenters. The van der Waals surface area contributed by atoms with Gasteiger partial charge in [-0.3, -0.25) is 0 Å². The summed E-state index contributed by atoms with van der Waals surface area (Å²) in [5.74, 6) is 0.259. The summed E-state index contributed by atoms with van der Waals surface area (Å²) in [5, 5.41) is 9.42. The maximum absolute atomic E-state index is 10.8. The van der Waals surface area contributed by atoms with Gasteiger partial charge in [-0.1, -0.05) is 17.8 Å². The number of thioether (sulfide) groups is 1. The number of carbonyl (C=O) groups is 1. The van der Waals surface area contributed by atoms with Gasteiger partial charge in [-0.2, -0.15) is 0 Å². The Hall–Kier alpha value is -1.95. The molecule has 0 aliphatic heterocycles. The molecule has 0 aliphatic rings. The summed E-state index contributed by atoms with van der Waals surface area (Å²) in [4.78, 5) is 14.7. The summed E-state index contributed by atoms with van der Waals surface area (Å²) in [5.41, 5.74) is 0.216. The molecule has 2 aromatic rings. The number of aromatic carboxylic acids is 1. The SMILES string of the molecule is O=C(O)c1cccc(OCCSc2ncco2)c1. The number of nitrogens with zero attached hydrogens (tertiary/aromatic N) is 1. The number of benzene rings is 1. The first kappa shape index (κ1) is 12.5. The van der Waals surface area contributed by atoms with Gasteiger partial charge in [-0.25, -0.2) is 9.78 Å². The molecule has 18 heavy (non-hydrogen) atoms. The Kier molecular flexibility index (Phi) is 4.25. The van der Waals surface area contributed by atoms with Crippen molar-refractivity contribution in [2.45, 2.75) is 5.22 Å². The number of carboxylic acids is 1. The molecule has 1 N–H and O–H groups in total. The average Bonchev–Trinajstić information content (AvgIpc) is 2.88. The maximum Gasteiger partial charge on any atom is 0.335 e. The van der Waals surface area contributed by atoms with Gasteiger partial charge < -0.3 is 14.3 Å². The van der Waals surface area contributed by atoms with Crippen molar-refractivity contribution in [1.29, 1.82) is 0 Å². The largest absolute Gasteiger partial charge is 0.493 e. The summed E-state index contributed by atoms with van der Waals surface area (Å²) in [6, 6.07) is 6.40. The number of oxazole rings is 1. The van der Waals surface area contributed by atoms with Crippen LogP contribution in [0.1, 0.15) is 10.4 Å². The summed E-state index contributed by atoms with van der Waals surface area (Å²) < 4.78 is 10.5. The van der Waals surface area contributed by atoms with E-state index >= 15 is 0 Å². The number of hydrogen-bond acceptors (Lipinski definition) is 5. The molecule has 94 valence electrons. The summed E-state index contributed by atoms with van der Waals surface area (Å²) in [6.45, 7) is 0.454. The smallest absolute Gasteiger partial charge is 0.335 e.